The van der Waals surface area contributed by atoms with Crippen molar-refractivity contribution in [1.29, 1.82) is 0 Å². The summed E-state index contributed by atoms with van der Waals surface area (Å²) in [5.74, 6) is 0.288. The third kappa shape index (κ3) is 3.30. The highest BCUT2D eigenvalue weighted by Gasteiger charge is 2.35. The van der Waals surface area contributed by atoms with E-state index in [1.807, 2.05) is 4.90 Å². The highest BCUT2D eigenvalue weighted by atomic mass is 16.2. The molecule has 0 bridgehead atoms. The Kier molecular flexibility index (Phi) is 4.21. The second kappa shape index (κ2) is 6.10. The van der Waals surface area contributed by atoms with Crippen molar-refractivity contribution < 1.29 is 9.59 Å². The number of amides is 2. The third-order valence-electron chi connectivity index (χ3n) is 4.37. The first-order valence-electron chi connectivity index (χ1n) is 7.77. The number of rotatable bonds is 4. The first kappa shape index (κ1) is 13.8. The average Bonchev–Trinajstić information content (AvgIpc) is 3.15. The van der Waals surface area contributed by atoms with Crippen LogP contribution >= 0.6 is 0 Å². The van der Waals surface area contributed by atoms with E-state index in [4.69, 9.17) is 0 Å². The maximum absolute atomic E-state index is 12.6. The summed E-state index contributed by atoms with van der Waals surface area (Å²) in [4.78, 5) is 28.5. The van der Waals surface area contributed by atoms with Gasteiger partial charge in [0, 0.05) is 32.2 Å². The summed E-state index contributed by atoms with van der Waals surface area (Å²) >= 11 is 0. The Balaban J connectivity index is 1.53. The van der Waals surface area contributed by atoms with E-state index in [0.29, 0.717) is 12.6 Å². The zero-order chi connectivity index (χ0) is 13.9. The summed E-state index contributed by atoms with van der Waals surface area (Å²) < 4.78 is 0. The van der Waals surface area contributed by atoms with Crippen molar-refractivity contribution >= 4 is 11.8 Å². The van der Waals surface area contributed by atoms with Crippen LogP contribution in [-0.2, 0) is 9.59 Å². The molecule has 2 aliphatic heterocycles. The Morgan fingerprint density at radius 1 is 1.10 bits per heavy atom. The van der Waals surface area contributed by atoms with Crippen LogP contribution in [0.2, 0.25) is 0 Å². The van der Waals surface area contributed by atoms with Crippen LogP contribution in [0.25, 0.3) is 0 Å². The van der Waals surface area contributed by atoms with E-state index in [2.05, 4.69) is 15.5 Å². The van der Waals surface area contributed by atoms with Crippen molar-refractivity contribution in [3.63, 3.8) is 0 Å². The van der Waals surface area contributed by atoms with Crippen LogP contribution in [0, 0.1) is 0 Å². The molecule has 3 rings (SSSR count). The number of carbonyl (C=O) groups excluding carboxylic acids is 2. The molecule has 0 aromatic heterocycles. The second-order valence-electron chi connectivity index (χ2n) is 6.05. The van der Waals surface area contributed by atoms with E-state index in [-0.39, 0.29) is 17.9 Å². The molecule has 1 aliphatic carbocycles. The molecule has 1 saturated carbocycles. The van der Waals surface area contributed by atoms with Gasteiger partial charge in [-0.15, -0.1) is 0 Å². The number of nitrogens with zero attached hydrogens (tertiary/aromatic N) is 2. The molecule has 0 radical (unpaired) electrons. The van der Waals surface area contributed by atoms with Crippen molar-refractivity contribution in [3.05, 3.63) is 0 Å². The quantitative estimate of drug-likeness (QED) is 0.705. The summed E-state index contributed by atoms with van der Waals surface area (Å²) in [5.41, 5.74) is 0. The highest BCUT2D eigenvalue weighted by molar-refractivity contribution is 5.84. The van der Waals surface area contributed by atoms with Crippen LogP contribution in [0.1, 0.15) is 25.7 Å². The van der Waals surface area contributed by atoms with Gasteiger partial charge in [0.05, 0.1) is 12.6 Å². The number of piperazine rings is 1. The standard InChI is InChI=1S/C14H24N4O2/c19-13(16-11-3-4-11)10-18-7-1-2-12(18)14(20)17-8-5-15-6-9-17/h11-12,15H,1-10H2,(H,16,19). The summed E-state index contributed by atoms with van der Waals surface area (Å²) in [6, 6.07) is 0.311. The van der Waals surface area contributed by atoms with Gasteiger partial charge < -0.3 is 15.5 Å². The molecule has 6 nitrogen and oxygen atoms in total. The molecule has 20 heavy (non-hydrogen) atoms. The van der Waals surface area contributed by atoms with Gasteiger partial charge in [0.15, 0.2) is 0 Å². The van der Waals surface area contributed by atoms with Crippen LogP contribution in [0.4, 0.5) is 0 Å². The monoisotopic (exact) mass is 280 g/mol. The minimum atomic E-state index is -0.0851. The van der Waals surface area contributed by atoms with Crippen LogP contribution in [0.3, 0.4) is 0 Å². The number of hydrogen-bond acceptors (Lipinski definition) is 4. The molecule has 2 saturated heterocycles. The zero-order valence-corrected chi connectivity index (χ0v) is 11.9. The number of carbonyl (C=O) groups is 2. The van der Waals surface area contributed by atoms with E-state index in [1.165, 1.54) is 0 Å². The van der Waals surface area contributed by atoms with Crippen LogP contribution < -0.4 is 10.6 Å². The molecule has 0 aromatic carbocycles. The van der Waals surface area contributed by atoms with Crippen LogP contribution in [0.15, 0.2) is 0 Å². The van der Waals surface area contributed by atoms with Crippen molar-refractivity contribution in [2.24, 2.45) is 0 Å². The van der Waals surface area contributed by atoms with Gasteiger partial charge in [-0.25, -0.2) is 0 Å². The van der Waals surface area contributed by atoms with Gasteiger partial charge in [0.2, 0.25) is 11.8 Å². The first-order chi connectivity index (χ1) is 9.74. The van der Waals surface area contributed by atoms with Gasteiger partial charge in [-0.3, -0.25) is 14.5 Å². The Morgan fingerprint density at radius 3 is 2.55 bits per heavy atom. The Morgan fingerprint density at radius 2 is 1.85 bits per heavy atom. The SMILES string of the molecule is O=C(CN1CCCC1C(=O)N1CCNCC1)NC1CC1. The van der Waals surface area contributed by atoms with E-state index in [1.54, 1.807) is 0 Å². The molecule has 2 amide bonds. The summed E-state index contributed by atoms with van der Waals surface area (Å²) in [6.45, 7) is 4.57. The normalized spacial score (nSPS) is 27.6. The fourth-order valence-electron chi connectivity index (χ4n) is 3.08. The van der Waals surface area contributed by atoms with E-state index < -0.39 is 0 Å². The molecule has 0 aromatic rings. The molecule has 2 N–H and O–H groups in total. The van der Waals surface area contributed by atoms with E-state index in [0.717, 1.165) is 58.4 Å². The third-order valence-corrected chi connectivity index (χ3v) is 4.37. The largest absolute Gasteiger partial charge is 0.352 e. The van der Waals surface area contributed by atoms with E-state index in [9.17, 15) is 9.59 Å². The fraction of sp³-hybridized carbons (Fsp3) is 0.857. The van der Waals surface area contributed by atoms with Crippen molar-refractivity contribution in [1.82, 2.24) is 20.4 Å². The zero-order valence-electron chi connectivity index (χ0n) is 11.9. The molecule has 1 atom stereocenters. The molecular weight excluding hydrogens is 256 g/mol. The fourth-order valence-corrected chi connectivity index (χ4v) is 3.08. The van der Waals surface area contributed by atoms with Gasteiger partial charge in [-0.2, -0.15) is 0 Å². The molecular formula is C14H24N4O2. The minimum Gasteiger partial charge on any atom is -0.352 e. The summed E-state index contributed by atoms with van der Waals surface area (Å²) in [6.07, 6.45) is 4.11. The van der Waals surface area contributed by atoms with Crippen molar-refractivity contribution in [2.45, 2.75) is 37.8 Å². The van der Waals surface area contributed by atoms with Gasteiger partial charge in [-0.05, 0) is 32.2 Å². The van der Waals surface area contributed by atoms with Gasteiger partial charge in [-0.1, -0.05) is 0 Å². The Hall–Kier alpha value is -1.14. The van der Waals surface area contributed by atoms with Gasteiger partial charge in [0.1, 0.15) is 0 Å². The lowest BCUT2D eigenvalue weighted by atomic mass is 10.1. The lowest BCUT2D eigenvalue weighted by molar-refractivity contribution is -0.137. The van der Waals surface area contributed by atoms with Gasteiger partial charge in [0.25, 0.3) is 0 Å². The summed E-state index contributed by atoms with van der Waals surface area (Å²) in [5, 5.41) is 6.26. The smallest absolute Gasteiger partial charge is 0.240 e. The molecule has 3 aliphatic rings. The minimum absolute atomic E-state index is 0.0764. The van der Waals surface area contributed by atoms with Crippen LogP contribution in [-0.4, -0.2) is 73.0 Å². The topological polar surface area (TPSA) is 64.7 Å². The van der Waals surface area contributed by atoms with E-state index >= 15 is 0 Å². The van der Waals surface area contributed by atoms with Gasteiger partial charge >= 0.3 is 0 Å². The predicted octanol–water partition coefficient (Wildman–Crippen LogP) is -0.839. The van der Waals surface area contributed by atoms with Crippen molar-refractivity contribution in [3.8, 4) is 0 Å². The maximum Gasteiger partial charge on any atom is 0.240 e. The second-order valence-corrected chi connectivity index (χ2v) is 6.05. The maximum atomic E-state index is 12.6. The molecule has 2 heterocycles. The van der Waals surface area contributed by atoms with Crippen molar-refractivity contribution in [2.75, 3.05) is 39.3 Å². The molecule has 6 heteroatoms. The lowest BCUT2D eigenvalue weighted by Gasteiger charge is -2.32. The Labute approximate surface area is 119 Å². The average molecular weight is 280 g/mol. The molecule has 3 fully saturated rings. The number of nitrogens with one attached hydrogen (secondary N) is 2. The molecule has 112 valence electrons. The number of likely N-dealkylation sites (tertiary alicyclic amines) is 1. The molecule has 1 unspecified atom stereocenters. The lowest BCUT2D eigenvalue weighted by Crippen LogP contribution is -2.53. The Bertz CT molecular complexity index is 377. The molecule has 0 spiro atoms. The van der Waals surface area contributed by atoms with Crippen LogP contribution in [0.5, 0.6) is 0 Å². The number of hydrogen-bond donors (Lipinski definition) is 2. The predicted molar refractivity (Wildman–Crippen MR) is 75.2 cm³/mol. The first-order valence-corrected chi connectivity index (χ1v) is 7.77. The highest BCUT2D eigenvalue weighted by Crippen LogP contribution is 2.21. The summed E-state index contributed by atoms with van der Waals surface area (Å²) in [7, 11) is 0.